The number of halogens is 8. The van der Waals surface area contributed by atoms with E-state index in [2.05, 4.69) is 10.1 Å². The highest BCUT2D eigenvalue weighted by Crippen LogP contribution is 2.41. The fourth-order valence-corrected chi connectivity index (χ4v) is 5.47. The largest absolute Gasteiger partial charge is 0.416 e. The van der Waals surface area contributed by atoms with Crippen LogP contribution in [0.5, 0.6) is 0 Å². The maximum Gasteiger partial charge on any atom is 0.416 e. The van der Waals surface area contributed by atoms with E-state index in [0.29, 0.717) is 12.1 Å². The fraction of sp³-hybridized carbons (Fsp3) is 0.161. The van der Waals surface area contributed by atoms with Crippen LogP contribution in [0.2, 0.25) is 5.15 Å². The first-order valence-corrected chi connectivity index (χ1v) is 13.7. The topological polar surface area (TPSA) is 75.1 Å². The average Bonchev–Trinajstić information content (AvgIpc) is 3.51. The predicted octanol–water partition coefficient (Wildman–Crippen LogP) is 7.72. The number of fused-ring (bicyclic) bond motifs is 1. The lowest BCUT2D eigenvalue weighted by Crippen LogP contribution is -2.41. The second-order valence-corrected chi connectivity index (χ2v) is 10.6. The number of amidine groups is 1. The van der Waals surface area contributed by atoms with Crippen molar-refractivity contribution < 1.29 is 45.2 Å². The molecule has 15 heteroatoms. The Kier molecular flexibility index (Phi) is 7.71. The maximum atomic E-state index is 14.9. The van der Waals surface area contributed by atoms with E-state index in [1.54, 1.807) is 18.2 Å². The number of hydrogen-bond acceptors (Lipinski definition) is 6. The molecule has 1 unspecified atom stereocenters. The van der Waals surface area contributed by atoms with Crippen LogP contribution < -0.4 is 0 Å². The smallest absolute Gasteiger partial charge is 0.364 e. The van der Waals surface area contributed by atoms with Crippen LogP contribution in [0.4, 0.5) is 30.7 Å². The zero-order valence-corrected chi connectivity index (χ0v) is 23.8. The van der Waals surface area contributed by atoms with Crippen LogP contribution in [-0.2, 0) is 23.7 Å². The van der Waals surface area contributed by atoms with E-state index in [-0.39, 0.29) is 44.9 Å². The molecule has 2 aliphatic rings. The maximum absolute atomic E-state index is 14.9. The zero-order chi connectivity index (χ0) is 33.0. The quantitative estimate of drug-likeness (QED) is 0.120. The van der Waals surface area contributed by atoms with Crippen LogP contribution in [-0.4, -0.2) is 39.0 Å². The molecule has 2 aliphatic heterocycles. The second-order valence-electron chi connectivity index (χ2n) is 10.3. The molecule has 0 aliphatic carbocycles. The van der Waals surface area contributed by atoms with Crippen LogP contribution in [0.3, 0.4) is 0 Å². The molecular formula is C31H18ClF7N4O3. The highest BCUT2D eigenvalue weighted by atomic mass is 35.5. The van der Waals surface area contributed by atoms with E-state index in [1.165, 1.54) is 42.6 Å². The van der Waals surface area contributed by atoms with Gasteiger partial charge in [0.25, 0.3) is 11.8 Å². The lowest BCUT2D eigenvalue weighted by Gasteiger charge is -2.29. The van der Waals surface area contributed by atoms with Crippen molar-refractivity contribution in [2.24, 2.45) is 5.16 Å². The molecule has 2 amide bonds. The molecule has 0 fully saturated rings. The Hall–Kier alpha value is -4.98. The van der Waals surface area contributed by atoms with Crippen molar-refractivity contribution in [2.75, 3.05) is 6.54 Å². The third kappa shape index (κ3) is 5.64. The van der Waals surface area contributed by atoms with Crippen LogP contribution in [0.1, 0.15) is 49.2 Å². The molecule has 3 aromatic carbocycles. The van der Waals surface area contributed by atoms with Gasteiger partial charge in [-0.05, 0) is 48.0 Å². The standard InChI is InChI=1S/C31H18ClF7N4O3/c32-26-23(19(9-10-40-26)20-5-3-4-8-24(20)33)14-42-25(15-43-27(44)21-6-1-2-7-22(21)28(43)45)41-46-29(42)16-11-17(30(34,35)36)13-18(12-16)31(37,38)39/h1-13,29H,14-15H2. The summed E-state index contributed by atoms with van der Waals surface area (Å²) in [5.41, 5.74) is -3.18. The number of carbonyl (C=O) groups excluding carboxylic acids is 2. The molecule has 0 saturated heterocycles. The summed E-state index contributed by atoms with van der Waals surface area (Å²) >= 11 is 6.44. The Morgan fingerprint density at radius 2 is 1.33 bits per heavy atom. The molecule has 46 heavy (non-hydrogen) atoms. The number of alkyl halides is 6. The highest BCUT2D eigenvalue weighted by Gasteiger charge is 2.43. The Bertz CT molecular complexity index is 1840. The van der Waals surface area contributed by atoms with E-state index >= 15 is 0 Å². The highest BCUT2D eigenvalue weighted by molar-refractivity contribution is 6.30. The molecule has 1 aromatic heterocycles. The third-order valence-electron chi connectivity index (χ3n) is 7.44. The van der Waals surface area contributed by atoms with Gasteiger partial charge in [0.1, 0.15) is 11.0 Å². The van der Waals surface area contributed by atoms with E-state index in [4.69, 9.17) is 16.4 Å². The van der Waals surface area contributed by atoms with Crippen molar-refractivity contribution in [3.63, 3.8) is 0 Å². The van der Waals surface area contributed by atoms with Crippen LogP contribution in [0.25, 0.3) is 11.1 Å². The summed E-state index contributed by atoms with van der Waals surface area (Å²) < 4.78 is 97.5. The zero-order valence-electron chi connectivity index (χ0n) is 23.0. The summed E-state index contributed by atoms with van der Waals surface area (Å²) in [6, 6.07) is 14.0. The lowest BCUT2D eigenvalue weighted by atomic mass is 9.99. The van der Waals surface area contributed by atoms with Gasteiger partial charge in [-0.3, -0.25) is 14.5 Å². The first-order valence-electron chi connectivity index (χ1n) is 13.4. The van der Waals surface area contributed by atoms with Gasteiger partial charge in [-0.15, -0.1) is 0 Å². The average molecular weight is 663 g/mol. The van der Waals surface area contributed by atoms with E-state index < -0.39 is 66.0 Å². The summed E-state index contributed by atoms with van der Waals surface area (Å²) in [6.45, 7) is -1.01. The second kappa shape index (κ2) is 11.4. The van der Waals surface area contributed by atoms with E-state index in [9.17, 15) is 40.3 Å². The Balaban J connectivity index is 1.46. The molecule has 236 valence electrons. The van der Waals surface area contributed by atoms with Crippen LogP contribution >= 0.6 is 11.6 Å². The van der Waals surface area contributed by atoms with Gasteiger partial charge in [0.2, 0.25) is 6.23 Å². The van der Waals surface area contributed by atoms with Gasteiger partial charge in [-0.2, -0.15) is 26.3 Å². The molecular weight excluding hydrogens is 645 g/mol. The van der Waals surface area contributed by atoms with Gasteiger partial charge >= 0.3 is 12.4 Å². The molecule has 0 saturated carbocycles. The molecule has 3 heterocycles. The third-order valence-corrected chi connectivity index (χ3v) is 7.77. The minimum Gasteiger partial charge on any atom is -0.364 e. The van der Waals surface area contributed by atoms with Crippen molar-refractivity contribution in [3.05, 3.63) is 123 Å². The molecule has 0 radical (unpaired) electrons. The van der Waals surface area contributed by atoms with Gasteiger partial charge in [0, 0.05) is 22.9 Å². The van der Waals surface area contributed by atoms with Crippen molar-refractivity contribution in [2.45, 2.75) is 25.1 Å². The molecule has 0 spiro atoms. The number of imide groups is 1. The molecule has 1 atom stereocenters. The minimum absolute atomic E-state index is 0.0301. The Morgan fingerprint density at radius 1 is 0.761 bits per heavy atom. The van der Waals surface area contributed by atoms with Gasteiger partial charge in [-0.1, -0.05) is 47.1 Å². The number of nitrogens with zero attached hydrogens (tertiary/aromatic N) is 4. The van der Waals surface area contributed by atoms with Crippen LogP contribution in [0, 0.1) is 5.82 Å². The molecule has 7 nitrogen and oxygen atoms in total. The van der Waals surface area contributed by atoms with Crippen molar-refractivity contribution >= 4 is 29.3 Å². The van der Waals surface area contributed by atoms with Crippen molar-refractivity contribution in [1.29, 1.82) is 0 Å². The van der Waals surface area contributed by atoms with Gasteiger partial charge in [-0.25, -0.2) is 9.37 Å². The predicted molar refractivity (Wildman–Crippen MR) is 150 cm³/mol. The summed E-state index contributed by atoms with van der Waals surface area (Å²) in [5, 5.41) is 3.74. The number of amides is 2. The molecule has 0 bridgehead atoms. The Morgan fingerprint density at radius 3 is 1.89 bits per heavy atom. The summed E-state index contributed by atoms with van der Waals surface area (Å²) in [6.07, 6.45) is -10.7. The SMILES string of the molecule is O=C1c2ccccc2C(=O)N1CC1=NOC(c2cc(C(F)(F)F)cc(C(F)(F)F)c2)N1Cc1c(-c2ccccc2F)ccnc1Cl. The van der Waals surface area contributed by atoms with Crippen molar-refractivity contribution in [1.82, 2.24) is 14.8 Å². The van der Waals surface area contributed by atoms with E-state index in [1.807, 2.05) is 0 Å². The first-order chi connectivity index (χ1) is 21.7. The van der Waals surface area contributed by atoms with Crippen molar-refractivity contribution in [3.8, 4) is 11.1 Å². The van der Waals surface area contributed by atoms with Crippen LogP contribution in [0.15, 0.2) is 84.1 Å². The Labute approximate surface area is 260 Å². The lowest BCUT2D eigenvalue weighted by molar-refractivity contribution is -0.143. The number of hydrogen-bond donors (Lipinski definition) is 0. The van der Waals surface area contributed by atoms with Gasteiger partial charge in [0.15, 0.2) is 5.84 Å². The van der Waals surface area contributed by atoms with E-state index in [0.717, 1.165) is 9.80 Å². The fourth-order valence-electron chi connectivity index (χ4n) is 5.26. The normalized spacial score (nSPS) is 16.5. The number of rotatable bonds is 6. The monoisotopic (exact) mass is 662 g/mol. The van der Waals surface area contributed by atoms with Gasteiger partial charge < -0.3 is 9.74 Å². The number of benzene rings is 3. The number of oxime groups is 1. The van der Waals surface area contributed by atoms with Gasteiger partial charge in [0.05, 0.1) is 35.3 Å². The molecule has 0 N–H and O–H groups in total. The molecule has 6 rings (SSSR count). The number of aromatic nitrogens is 1. The minimum atomic E-state index is -5.16. The summed E-state index contributed by atoms with van der Waals surface area (Å²) in [7, 11) is 0. The summed E-state index contributed by atoms with van der Waals surface area (Å²) in [5.74, 6) is -2.24. The number of carbonyl (C=O) groups is 2. The summed E-state index contributed by atoms with van der Waals surface area (Å²) in [4.78, 5) is 37.7. The first kappa shape index (κ1) is 31.0. The molecule has 4 aromatic rings. The number of pyridine rings is 1.